The second-order valence-corrected chi connectivity index (χ2v) is 3.95. The SMILES string of the molecule is CN=C(/C=C\C(C)=O)c1cc(C)c(C)c(F)c1. The first kappa shape index (κ1) is 13.3. The van der Waals surface area contributed by atoms with Gasteiger partial charge in [0.2, 0.25) is 0 Å². The fraction of sp³-hybridized carbons (Fsp3) is 0.286. The highest BCUT2D eigenvalue weighted by Gasteiger charge is 2.06. The third kappa shape index (κ3) is 3.34. The van der Waals surface area contributed by atoms with E-state index in [0.29, 0.717) is 16.8 Å². The number of aryl methyl sites for hydroxylation is 1. The van der Waals surface area contributed by atoms with Gasteiger partial charge in [0.25, 0.3) is 0 Å². The van der Waals surface area contributed by atoms with Gasteiger partial charge in [-0.25, -0.2) is 4.39 Å². The van der Waals surface area contributed by atoms with Crippen molar-refractivity contribution in [2.75, 3.05) is 7.05 Å². The lowest BCUT2D eigenvalue weighted by Gasteiger charge is -2.06. The van der Waals surface area contributed by atoms with Crippen LogP contribution >= 0.6 is 0 Å². The molecule has 17 heavy (non-hydrogen) atoms. The van der Waals surface area contributed by atoms with E-state index in [4.69, 9.17) is 0 Å². The summed E-state index contributed by atoms with van der Waals surface area (Å²) < 4.78 is 13.6. The third-order valence-corrected chi connectivity index (χ3v) is 2.62. The predicted octanol–water partition coefficient (Wildman–Crippen LogP) is 3.01. The minimum atomic E-state index is -0.252. The van der Waals surface area contributed by atoms with Crippen LogP contribution in [0.25, 0.3) is 0 Å². The molecule has 0 saturated heterocycles. The number of carbonyl (C=O) groups is 1. The van der Waals surface area contributed by atoms with Crippen LogP contribution in [-0.4, -0.2) is 18.5 Å². The van der Waals surface area contributed by atoms with Gasteiger partial charge in [-0.3, -0.25) is 9.79 Å². The molecule has 0 fully saturated rings. The smallest absolute Gasteiger partial charge is 0.152 e. The van der Waals surface area contributed by atoms with Crippen LogP contribution in [0.5, 0.6) is 0 Å². The molecule has 0 unspecified atom stereocenters. The molecule has 0 aliphatic rings. The molecule has 0 heterocycles. The van der Waals surface area contributed by atoms with Crippen LogP contribution in [0.3, 0.4) is 0 Å². The Morgan fingerprint density at radius 2 is 1.94 bits per heavy atom. The first-order valence-corrected chi connectivity index (χ1v) is 5.38. The van der Waals surface area contributed by atoms with Crippen molar-refractivity contribution < 1.29 is 9.18 Å². The van der Waals surface area contributed by atoms with E-state index in [0.717, 1.165) is 5.56 Å². The zero-order valence-corrected chi connectivity index (χ0v) is 10.5. The van der Waals surface area contributed by atoms with Gasteiger partial charge in [0.15, 0.2) is 5.78 Å². The van der Waals surface area contributed by atoms with E-state index in [-0.39, 0.29) is 11.6 Å². The summed E-state index contributed by atoms with van der Waals surface area (Å²) in [7, 11) is 1.62. The summed E-state index contributed by atoms with van der Waals surface area (Å²) in [5.41, 5.74) is 2.80. The molecule has 0 aliphatic heterocycles. The fourth-order valence-electron chi connectivity index (χ4n) is 1.46. The van der Waals surface area contributed by atoms with E-state index < -0.39 is 0 Å². The number of carbonyl (C=O) groups excluding carboxylic acids is 1. The number of allylic oxidation sites excluding steroid dienone is 2. The van der Waals surface area contributed by atoms with E-state index in [1.54, 1.807) is 20.0 Å². The van der Waals surface area contributed by atoms with Crippen LogP contribution in [0.15, 0.2) is 29.3 Å². The van der Waals surface area contributed by atoms with Crippen molar-refractivity contribution in [3.05, 3.63) is 46.8 Å². The third-order valence-electron chi connectivity index (χ3n) is 2.62. The van der Waals surface area contributed by atoms with Crippen LogP contribution in [0, 0.1) is 19.7 Å². The highest BCUT2D eigenvalue weighted by molar-refractivity contribution is 6.11. The molecule has 0 spiro atoms. The van der Waals surface area contributed by atoms with Crippen LogP contribution in [0.4, 0.5) is 4.39 Å². The lowest BCUT2D eigenvalue weighted by Crippen LogP contribution is -2.01. The number of nitrogens with zero attached hydrogens (tertiary/aromatic N) is 1. The standard InChI is InChI=1S/C14H16FNO/c1-9-7-12(8-13(15)11(9)3)14(16-4)6-5-10(2)17/h5-8H,1-4H3/b6-5-,16-14?. The average Bonchev–Trinajstić information content (AvgIpc) is 2.26. The van der Waals surface area contributed by atoms with Crippen molar-refractivity contribution in [2.24, 2.45) is 4.99 Å². The van der Waals surface area contributed by atoms with Gasteiger partial charge in [-0.2, -0.15) is 0 Å². The Morgan fingerprint density at radius 3 is 2.41 bits per heavy atom. The Kier molecular flexibility index (Phi) is 4.32. The molecule has 2 nitrogen and oxygen atoms in total. The molecule has 1 rings (SSSR count). The van der Waals surface area contributed by atoms with Crippen LogP contribution in [0.2, 0.25) is 0 Å². The molecule has 0 radical (unpaired) electrons. The number of hydrogen-bond acceptors (Lipinski definition) is 2. The molecule has 0 atom stereocenters. The molecule has 90 valence electrons. The van der Waals surface area contributed by atoms with E-state index in [1.807, 2.05) is 13.0 Å². The Morgan fingerprint density at radius 1 is 1.29 bits per heavy atom. The Bertz CT molecular complexity index is 478. The van der Waals surface area contributed by atoms with Gasteiger partial charge in [-0.05, 0) is 56.2 Å². The Labute approximate surface area is 101 Å². The van der Waals surface area contributed by atoms with Gasteiger partial charge < -0.3 is 0 Å². The number of halogens is 1. The molecule has 3 heteroatoms. The fourth-order valence-corrected chi connectivity index (χ4v) is 1.46. The minimum absolute atomic E-state index is 0.0598. The first-order valence-electron chi connectivity index (χ1n) is 5.38. The van der Waals surface area contributed by atoms with Gasteiger partial charge in [0, 0.05) is 12.6 Å². The molecule has 0 saturated carbocycles. The zero-order chi connectivity index (χ0) is 13.0. The normalized spacial score (nSPS) is 12.2. The summed E-state index contributed by atoms with van der Waals surface area (Å²) in [5, 5.41) is 0. The molecule has 0 N–H and O–H groups in total. The number of rotatable bonds is 3. The minimum Gasteiger partial charge on any atom is -0.295 e. The summed E-state index contributed by atoms with van der Waals surface area (Å²) in [5.74, 6) is -0.312. The number of benzene rings is 1. The Balaban J connectivity index is 3.19. The number of hydrogen-bond donors (Lipinski definition) is 0. The van der Waals surface area contributed by atoms with Crippen molar-refractivity contribution in [3.63, 3.8) is 0 Å². The lowest BCUT2D eigenvalue weighted by atomic mass is 10.0. The topological polar surface area (TPSA) is 29.4 Å². The second kappa shape index (κ2) is 5.53. The van der Waals surface area contributed by atoms with Crippen LogP contribution < -0.4 is 0 Å². The van der Waals surface area contributed by atoms with Gasteiger partial charge in [-0.1, -0.05) is 0 Å². The summed E-state index contributed by atoms with van der Waals surface area (Å²) in [6.45, 7) is 5.05. The maximum atomic E-state index is 13.6. The summed E-state index contributed by atoms with van der Waals surface area (Å²) in [6, 6.07) is 3.31. The van der Waals surface area contributed by atoms with E-state index >= 15 is 0 Å². The quantitative estimate of drug-likeness (QED) is 0.583. The van der Waals surface area contributed by atoms with Crippen molar-refractivity contribution in [3.8, 4) is 0 Å². The molecule has 0 bridgehead atoms. The summed E-state index contributed by atoms with van der Waals surface area (Å²) >= 11 is 0. The van der Waals surface area contributed by atoms with Crippen LogP contribution in [0.1, 0.15) is 23.6 Å². The average molecular weight is 233 g/mol. The summed E-state index contributed by atoms with van der Waals surface area (Å²) in [4.78, 5) is 14.9. The highest BCUT2D eigenvalue weighted by Crippen LogP contribution is 2.16. The van der Waals surface area contributed by atoms with E-state index in [1.165, 1.54) is 19.1 Å². The predicted molar refractivity (Wildman–Crippen MR) is 68.2 cm³/mol. The van der Waals surface area contributed by atoms with Crippen molar-refractivity contribution in [1.29, 1.82) is 0 Å². The van der Waals surface area contributed by atoms with Crippen molar-refractivity contribution in [1.82, 2.24) is 0 Å². The number of aliphatic imine (C=N–C) groups is 1. The summed E-state index contributed by atoms with van der Waals surface area (Å²) in [6.07, 6.45) is 3.03. The van der Waals surface area contributed by atoms with Gasteiger partial charge in [0.05, 0.1) is 5.71 Å². The molecule has 0 amide bonds. The monoisotopic (exact) mass is 233 g/mol. The molecule has 0 aliphatic carbocycles. The highest BCUT2D eigenvalue weighted by atomic mass is 19.1. The van der Waals surface area contributed by atoms with Crippen molar-refractivity contribution in [2.45, 2.75) is 20.8 Å². The molecule has 0 aromatic heterocycles. The largest absolute Gasteiger partial charge is 0.295 e. The first-order chi connectivity index (χ1) is 7.95. The van der Waals surface area contributed by atoms with Crippen molar-refractivity contribution >= 4 is 11.5 Å². The van der Waals surface area contributed by atoms with Gasteiger partial charge in [-0.15, -0.1) is 0 Å². The molecule has 1 aromatic rings. The molecule has 1 aromatic carbocycles. The molecular formula is C14H16FNO. The second-order valence-electron chi connectivity index (χ2n) is 3.95. The van der Waals surface area contributed by atoms with E-state index in [2.05, 4.69) is 4.99 Å². The number of ketones is 1. The maximum absolute atomic E-state index is 13.6. The van der Waals surface area contributed by atoms with Crippen LogP contribution in [-0.2, 0) is 4.79 Å². The Hall–Kier alpha value is -1.77. The van der Waals surface area contributed by atoms with Gasteiger partial charge in [0.1, 0.15) is 5.82 Å². The lowest BCUT2D eigenvalue weighted by molar-refractivity contribution is -0.112. The molecular weight excluding hydrogens is 217 g/mol. The van der Waals surface area contributed by atoms with E-state index in [9.17, 15) is 9.18 Å². The maximum Gasteiger partial charge on any atom is 0.152 e. The van der Waals surface area contributed by atoms with Gasteiger partial charge >= 0.3 is 0 Å². The zero-order valence-electron chi connectivity index (χ0n) is 10.5.